The van der Waals surface area contributed by atoms with E-state index in [4.69, 9.17) is 16.6 Å². The Labute approximate surface area is 90.8 Å². The molecule has 0 aliphatic carbocycles. The van der Waals surface area contributed by atoms with Crippen LogP contribution < -0.4 is 0 Å². The molecule has 0 saturated carbocycles. The van der Waals surface area contributed by atoms with Crippen LogP contribution in [0.15, 0.2) is 41.1 Å². The summed E-state index contributed by atoms with van der Waals surface area (Å²) in [5, 5.41) is 1.01. The van der Waals surface area contributed by atoms with Crippen LogP contribution in [0.3, 0.4) is 0 Å². The number of fused-ring (bicyclic) bond motifs is 2. The quantitative estimate of drug-likeness (QED) is 0.426. The van der Waals surface area contributed by atoms with Gasteiger partial charge in [-0.2, -0.15) is 0 Å². The van der Waals surface area contributed by atoms with Gasteiger partial charge in [0.25, 0.3) is 0 Å². The van der Waals surface area contributed by atoms with Crippen molar-refractivity contribution < 1.29 is 4.42 Å². The Bertz CT molecular complexity index is 662. The van der Waals surface area contributed by atoms with Crippen LogP contribution >= 0.6 is 12.2 Å². The zero-order valence-corrected chi connectivity index (χ0v) is 8.49. The summed E-state index contributed by atoms with van der Waals surface area (Å²) in [7, 11) is 0. The Morgan fingerprint density at radius 2 is 2.00 bits per heavy atom. The fourth-order valence-corrected chi connectivity index (χ4v) is 1.71. The molecular formula is C11H6N2OS. The molecule has 0 N–H and O–H groups in total. The van der Waals surface area contributed by atoms with E-state index in [1.54, 1.807) is 0 Å². The number of benzene rings is 1. The molecule has 0 amide bonds. The van der Waals surface area contributed by atoms with Crippen LogP contribution in [0.2, 0.25) is 0 Å². The molecule has 2 aliphatic rings. The number of hydrogen-bond donors (Lipinski definition) is 0. The first-order valence-corrected chi connectivity index (χ1v) is 4.89. The van der Waals surface area contributed by atoms with Crippen molar-refractivity contribution in [2.75, 3.05) is 0 Å². The molecule has 4 heteroatoms. The Balaban J connectivity index is 2.54. The molecule has 1 aromatic rings. The fraction of sp³-hybridized carbons (Fsp3) is 0. The topological polar surface area (TPSA) is 38.9 Å². The Kier molecular flexibility index (Phi) is 1.76. The van der Waals surface area contributed by atoms with Gasteiger partial charge in [0.05, 0.1) is 5.56 Å². The number of nitrogens with zero attached hydrogens (tertiary/aromatic N) is 2. The van der Waals surface area contributed by atoms with Gasteiger partial charge in [0.1, 0.15) is 16.6 Å². The predicted octanol–water partition coefficient (Wildman–Crippen LogP) is 3.06. The van der Waals surface area contributed by atoms with E-state index >= 15 is 0 Å². The number of para-hydroxylation sites is 1. The molecule has 3 rings (SSSR count). The zero-order chi connectivity index (χ0) is 10.3. The highest BCUT2D eigenvalue weighted by atomic mass is 32.1. The average Bonchev–Trinajstić information content (AvgIpc) is 2.27. The first kappa shape index (κ1) is 8.49. The highest BCUT2D eigenvalue weighted by Gasteiger charge is 2.09. The predicted molar refractivity (Wildman–Crippen MR) is 59.3 cm³/mol. The normalized spacial score (nSPS) is 10.9. The number of rotatable bonds is 0. The summed E-state index contributed by atoms with van der Waals surface area (Å²) in [5.74, 6) is 0.536. The lowest BCUT2D eigenvalue weighted by Gasteiger charge is -2.04. The van der Waals surface area contributed by atoms with Crippen molar-refractivity contribution in [3.63, 3.8) is 0 Å². The van der Waals surface area contributed by atoms with Crippen molar-refractivity contribution in [3.05, 3.63) is 41.3 Å². The van der Waals surface area contributed by atoms with Gasteiger partial charge in [-0.15, -0.1) is 0 Å². The average molecular weight is 214 g/mol. The molecule has 0 atom stereocenters. The summed E-state index contributed by atoms with van der Waals surface area (Å²) >= 11 is 5.11. The van der Waals surface area contributed by atoms with Gasteiger partial charge in [-0.05, 0) is 12.1 Å². The van der Waals surface area contributed by atoms with Gasteiger partial charge in [-0.25, -0.2) is 9.97 Å². The standard InChI is InChI=1S/C11H6N2OS/c15-11-8-5-7-3-1-2-4-9(7)14-10(8)12-6-13-11/h1-6H. The van der Waals surface area contributed by atoms with Gasteiger partial charge >= 0.3 is 0 Å². The minimum atomic E-state index is 0.523. The third-order valence-electron chi connectivity index (χ3n) is 2.24. The molecule has 1 aromatic carbocycles. The second-order valence-electron chi connectivity index (χ2n) is 3.18. The fourth-order valence-electron chi connectivity index (χ4n) is 1.52. The van der Waals surface area contributed by atoms with Crippen molar-refractivity contribution in [1.29, 1.82) is 0 Å². The second-order valence-corrected chi connectivity index (χ2v) is 3.57. The van der Waals surface area contributed by atoms with Crippen molar-refractivity contribution in [2.45, 2.75) is 0 Å². The van der Waals surface area contributed by atoms with Gasteiger partial charge in [-0.3, -0.25) is 0 Å². The van der Waals surface area contributed by atoms with Crippen LogP contribution in [0.4, 0.5) is 0 Å². The lowest BCUT2D eigenvalue weighted by molar-refractivity contribution is 0.596. The molecule has 0 radical (unpaired) electrons. The summed E-state index contributed by atoms with van der Waals surface area (Å²) in [6.45, 7) is 0. The highest BCUT2D eigenvalue weighted by molar-refractivity contribution is 7.71. The van der Waals surface area contributed by atoms with Crippen molar-refractivity contribution >= 4 is 23.2 Å². The molecule has 72 valence electrons. The van der Waals surface area contributed by atoms with E-state index in [1.807, 2.05) is 30.3 Å². The molecular weight excluding hydrogens is 208 g/mol. The van der Waals surface area contributed by atoms with E-state index in [0.717, 1.165) is 16.5 Å². The van der Waals surface area contributed by atoms with E-state index in [9.17, 15) is 0 Å². The van der Waals surface area contributed by atoms with E-state index in [2.05, 4.69) is 9.97 Å². The van der Waals surface area contributed by atoms with E-state index in [1.165, 1.54) is 6.33 Å². The lowest BCUT2D eigenvalue weighted by Crippen LogP contribution is -1.90. The molecule has 0 fully saturated rings. The summed E-state index contributed by atoms with van der Waals surface area (Å²) in [6, 6.07) is 9.71. The maximum absolute atomic E-state index is 5.61. The zero-order valence-electron chi connectivity index (χ0n) is 7.68. The van der Waals surface area contributed by atoms with E-state index in [-0.39, 0.29) is 0 Å². The van der Waals surface area contributed by atoms with Crippen LogP contribution in [0, 0.1) is 4.64 Å². The molecule has 0 bridgehead atoms. The van der Waals surface area contributed by atoms with Crippen LogP contribution in [-0.4, -0.2) is 9.97 Å². The first-order valence-electron chi connectivity index (χ1n) is 4.48. The van der Waals surface area contributed by atoms with Gasteiger partial charge in [0.2, 0.25) is 5.89 Å². The Hall–Kier alpha value is -1.81. The monoisotopic (exact) mass is 214 g/mol. The molecule has 0 unspecified atom stereocenters. The maximum atomic E-state index is 5.61. The molecule has 2 heterocycles. The summed E-state index contributed by atoms with van der Waals surface area (Å²) in [4.78, 5) is 8.01. The third kappa shape index (κ3) is 1.30. The lowest BCUT2D eigenvalue weighted by atomic mass is 10.2. The third-order valence-corrected chi connectivity index (χ3v) is 2.56. The summed E-state index contributed by atoms with van der Waals surface area (Å²) in [6.07, 6.45) is 1.42. The molecule has 0 saturated heterocycles. The van der Waals surface area contributed by atoms with Crippen LogP contribution in [0.5, 0.6) is 0 Å². The second kappa shape index (κ2) is 3.10. The minimum absolute atomic E-state index is 0.523. The van der Waals surface area contributed by atoms with E-state index < -0.39 is 0 Å². The van der Waals surface area contributed by atoms with Gasteiger partial charge < -0.3 is 4.42 Å². The molecule has 0 spiro atoms. The van der Waals surface area contributed by atoms with Crippen molar-refractivity contribution in [3.8, 4) is 11.5 Å². The molecule has 3 nitrogen and oxygen atoms in total. The molecule has 2 aliphatic heterocycles. The Morgan fingerprint density at radius 1 is 1.13 bits per heavy atom. The first-order chi connectivity index (χ1) is 7.34. The van der Waals surface area contributed by atoms with Gasteiger partial charge in [0, 0.05) is 5.39 Å². The van der Waals surface area contributed by atoms with Crippen molar-refractivity contribution in [1.82, 2.24) is 9.97 Å². The SMILES string of the molecule is S=c1ncnc2oc3ccccc3cc1-2. The minimum Gasteiger partial charge on any atom is -0.438 e. The molecule has 15 heavy (non-hydrogen) atoms. The van der Waals surface area contributed by atoms with Crippen LogP contribution in [0.1, 0.15) is 0 Å². The van der Waals surface area contributed by atoms with Crippen LogP contribution in [0.25, 0.3) is 22.4 Å². The largest absolute Gasteiger partial charge is 0.438 e. The van der Waals surface area contributed by atoms with E-state index in [0.29, 0.717) is 10.5 Å². The maximum Gasteiger partial charge on any atom is 0.231 e. The highest BCUT2D eigenvalue weighted by Crippen LogP contribution is 2.25. The number of aromatic nitrogens is 2. The summed E-state index contributed by atoms with van der Waals surface area (Å²) < 4.78 is 6.13. The molecule has 0 aromatic heterocycles. The Morgan fingerprint density at radius 3 is 2.93 bits per heavy atom. The van der Waals surface area contributed by atoms with Gasteiger partial charge in [0.15, 0.2) is 0 Å². The smallest absolute Gasteiger partial charge is 0.231 e. The number of hydrogen-bond acceptors (Lipinski definition) is 4. The van der Waals surface area contributed by atoms with Crippen LogP contribution in [-0.2, 0) is 0 Å². The summed E-state index contributed by atoms with van der Waals surface area (Å²) in [5.41, 5.74) is 1.59. The van der Waals surface area contributed by atoms with Crippen molar-refractivity contribution in [2.24, 2.45) is 0 Å². The van der Waals surface area contributed by atoms with Gasteiger partial charge in [-0.1, -0.05) is 30.4 Å².